The molecule has 0 saturated carbocycles. The number of fused-ring (bicyclic) bond motifs is 1. The molecule has 0 spiro atoms. The summed E-state index contributed by atoms with van der Waals surface area (Å²) in [7, 11) is 0. The summed E-state index contributed by atoms with van der Waals surface area (Å²) in [6.07, 6.45) is 2.10. The smallest absolute Gasteiger partial charge is 0.120 e. The van der Waals surface area contributed by atoms with Crippen LogP contribution in [0.5, 0.6) is 5.75 Å². The van der Waals surface area contributed by atoms with Crippen molar-refractivity contribution in [2.45, 2.75) is 13.5 Å². The summed E-state index contributed by atoms with van der Waals surface area (Å²) < 4.78 is 7.72. The second-order valence-corrected chi connectivity index (χ2v) is 4.80. The molecule has 0 unspecified atom stereocenters. The number of rotatable bonds is 4. The van der Waals surface area contributed by atoms with Gasteiger partial charge in [-0.3, -0.25) is 0 Å². The maximum Gasteiger partial charge on any atom is 0.120 e. The molecule has 0 aliphatic carbocycles. The van der Waals surface area contributed by atoms with E-state index in [4.69, 9.17) is 4.74 Å². The van der Waals surface area contributed by atoms with Crippen LogP contribution in [-0.4, -0.2) is 16.2 Å². The number of hydrogen-bond acceptors (Lipinski definition) is 3. The van der Waals surface area contributed by atoms with Gasteiger partial charge in [0.15, 0.2) is 0 Å². The average Bonchev–Trinajstić information content (AvgIpc) is 3.00. The second kappa shape index (κ2) is 4.82. The minimum Gasteiger partial charge on any atom is -0.494 e. The first-order valence-corrected chi connectivity index (χ1v) is 6.90. The predicted molar refractivity (Wildman–Crippen MR) is 74.3 cm³/mol. The Hall–Kier alpha value is -1.81. The van der Waals surface area contributed by atoms with Crippen LogP contribution < -0.4 is 4.74 Å². The van der Waals surface area contributed by atoms with E-state index in [1.165, 1.54) is 10.9 Å². The number of benzene rings is 1. The molecule has 4 heteroatoms. The van der Waals surface area contributed by atoms with Gasteiger partial charge in [0.1, 0.15) is 5.75 Å². The number of ether oxygens (including phenoxy) is 1. The highest BCUT2D eigenvalue weighted by molar-refractivity contribution is 7.07. The van der Waals surface area contributed by atoms with Crippen molar-refractivity contribution in [1.29, 1.82) is 0 Å². The van der Waals surface area contributed by atoms with Gasteiger partial charge in [-0.15, -0.1) is 11.3 Å². The van der Waals surface area contributed by atoms with Crippen molar-refractivity contribution in [3.63, 3.8) is 0 Å². The Balaban J connectivity index is 1.94. The lowest BCUT2D eigenvalue weighted by Crippen LogP contribution is -1.98. The Labute approximate surface area is 110 Å². The van der Waals surface area contributed by atoms with Crippen LogP contribution in [0.1, 0.15) is 12.6 Å². The molecule has 0 bridgehead atoms. The molecule has 0 aliphatic heterocycles. The summed E-state index contributed by atoms with van der Waals surface area (Å²) >= 11 is 1.63. The fraction of sp³-hybridized carbons (Fsp3) is 0.214. The van der Waals surface area contributed by atoms with Crippen LogP contribution in [0, 0.1) is 0 Å². The van der Waals surface area contributed by atoms with Gasteiger partial charge in [-0.2, -0.15) is 0 Å². The van der Waals surface area contributed by atoms with E-state index >= 15 is 0 Å². The third kappa shape index (κ3) is 2.11. The lowest BCUT2D eigenvalue weighted by atomic mass is 10.2. The van der Waals surface area contributed by atoms with Crippen molar-refractivity contribution < 1.29 is 4.74 Å². The molecular weight excluding hydrogens is 244 g/mol. The Morgan fingerprint density at radius 3 is 3.06 bits per heavy atom. The first kappa shape index (κ1) is 11.3. The van der Waals surface area contributed by atoms with Gasteiger partial charge in [0.05, 0.1) is 24.4 Å². The van der Waals surface area contributed by atoms with Crippen LogP contribution in [0.3, 0.4) is 0 Å². The molecule has 0 saturated heterocycles. The summed E-state index contributed by atoms with van der Waals surface area (Å²) in [5, 5.41) is 3.29. The van der Waals surface area contributed by atoms with Crippen molar-refractivity contribution in [2.75, 3.05) is 6.61 Å². The summed E-state index contributed by atoms with van der Waals surface area (Å²) in [6.45, 7) is 3.52. The van der Waals surface area contributed by atoms with E-state index in [9.17, 15) is 0 Å². The average molecular weight is 258 g/mol. The number of nitrogens with zero attached hydrogens (tertiary/aromatic N) is 2. The van der Waals surface area contributed by atoms with Crippen LogP contribution in [0.25, 0.3) is 10.9 Å². The topological polar surface area (TPSA) is 27.1 Å². The molecule has 92 valence electrons. The number of thiazole rings is 1. The minimum atomic E-state index is 0.699. The first-order valence-electron chi connectivity index (χ1n) is 5.95. The van der Waals surface area contributed by atoms with Crippen LogP contribution in [0.15, 0.2) is 41.4 Å². The Kier molecular flexibility index (Phi) is 3.02. The lowest BCUT2D eigenvalue weighted by Gasteiger charge is -2.05. The van der Waals surface area contributed by atoms with Gasteiger partial charge in [0.2, 0.25) is 0 Å². The standard InChI is InChI=1S/C14H14N2OS/c1-2-17-13-3-4-14-11(7-13)5-6-16(14)8-12-9-18-10-15-12/h3-7,9-10H,2,8H2,1H3. The van der Waals surface area contributed by atoms with Gasteiger partial charge in [0.25, 0.3) is 0 Å². The lowest BCUT2D eigenvalue weighted by molar-refractivity contribution is 0.340. The molecule has 0 fully saturated rings. The molecule has 3 aromatic rings. The van der Waals surface area contributed by atoms with Gasteiger partial charge in [-0.25, -0.2) is 4.98 Å². The van der Waals surface area contributed by atoms with Crippen molar-refractivity contribution >= 4 is 22.2 Å². The maximum atomic E-state index is 5.51. The van der Waals surface area contributed by atoms with Crippen molar-refractivity contribution in [1.82, 2.24) is 9.55 Å². The number of aromatic nitrogens is 2. The molecule has 3 nitrogen and oxygen atoms in total. The summed E-state index contributed by atoms with van der Waals surface area (Å²) in [5.41, 5.74) is 4.19. The van der Waals surface area contributed by atoms with E-state index in [0.717, 1.165) is 18.0 Å². The van der Waals surface area contributed by atoms with E-state index in [0.29, 0.717) is 6.61 Å². The highest BCUT2D eigenvalue weighted by atomic mass is 32.1. The summed E-state index contributed by atoms with van der Waals surface area (Å²) in [6, 6.07) is 8.32. The van der Waals surface area contributed by atoms with Gasteiger partial charge < -0.3 is 9.30 Å². The van der Waals surface area contributed by atoms with Gasteiger partial charge >= 0.3 is 0 Å². The number of hydrogen-bond donors (Lipinski definition) is 0. The Morgan fingerprint density at radius 2 is 2.28 bits per heavy atom. The molecule has 1 aromatic carbocycles. The molecule has 0 atom stereocenters. The van der Waals surface area contributed by atoms with E-state index in [-0.39, 0.29) is 0 Å². The van der Waals surface area contributed by atoms with Crippen molar-refractivity contribution in [3.8, 4) is 5.75 Å². The first-order chi connectivity index (χ1) is 8.86. The Bertz CT molecular complexity index is 643. The van der Waals surface area contributed by atoms with Crippen molar-refractivity contribution in [3.05, 3.63) is 47.0 Å². The maximum absolute atomic E-state index is 5.51. The van der Waals surface area contributed by atoms with Gasteiger partial charge in [-0.05, 0) is 31.2 Å². The highest BCUT2D eigenvalue weighted by Gasteiger charge is 2.04. The van der Waals surface area contributed by atoms with E-state index in [1.54, 1.807) is 11.3 Å². The van der Waals surface area contributed by atoms with E-state index in [2.05, 4.69) is 39.3 Å². The van der Waals surface area contributed by atoms with Crippen LogP contribution >= 0.6 is 11.3 Å². The molecule has 0 amide bonds. The molecule has 2 heterocycles. The zero-order valence-corrected chi connectivity index (χ0v) is 11.0. The monoisotopic (exact) mass is 258 g/mol. The molecule has 18 heavy (non-hydrogen) atoms. The largest absolute Gasteiger partial charge is 0.494 e. The quantitative estimate of drug-likeness (QED) is 0.715. The molecule has 0 radical (unpaired) electrons. The van der Waals surface area contributed by atoms with Crippen molar-refractivity contribution in [2.24, 2.45) is 0 Å². The summed E-state index contributed by atoms with van der Waals surface area (Å²) in [4.78, 5) is 4.32. The minimum absolute atomic E-state index is 0.699. The van der Waals surface area contributed by atoms with Gasteiger partial charge in [0, 0.05) is 22.5 Å². The molecular formula is C14H14N2OS. The normalized spacial score (nSPS) is 10.9. The fourth-order valence-electron chi connectivity index (χ4n) is 2.06. The third-order valence-corrected chi connectivity index (χ3v) is 3.50. The molecule has 0 N–H and O–H groups in total. The zero-order valence-electron chi connectivity index (χ0n) is 10.2. The van der Waals surface area contributed by atoms with Gasteiger partial charge in [-0.1, -0.05) is 0 Å². The summed E-state index contributed by atoms with van der Waals surface area (Å²) in [5.74, 6) is 0.927. The van der Waals surface area contributed by atoms with Crippen LogP contribution in [0.2, 0.25) is 0 Å². The molecule has 0 aliphatic rings. The van der Waals surface area contributed by atoms with Crippen LogP contribution in [0.4, 0.5) is 0 Å². The highest BCUT2D eigenvalue weighted by Crippen LogP contribution is 2.22. The van der Waals surface area contributed by atoms with E-state index in [1.807, 2.05) is 18.5 Å². The SMILES string of the molecule is CCOc1ccc2c(ccn2Cc2cscn2)c1. The molecule has 2 aromatic heterocycles. The third-order valence-electron chi connectivity index (χ3n) is 2.87. The molecule has 3 rings (SSSR count). The predicted octanol–water partition coefficient (Wildman–Crippen LogP) is 3.54. The Morgan fingerprint density at radius 1 is 1.33 bits per heavy atom. The second-order valence-electron chi connectivity index (χ2n) is 4.08. The fourth-order valence-corrected chi connectivity index (χ4v) is 2.61. The van der Waals surface area contributed by atoms with E-state index < -0.39 is 0 Å². The zero-order chi connectivity index (χ0) is 12.4. The van der Waals surface area contributed by atoms with Crippen LogP contribution in [-0.2, 0) is 6.54 Å².